The van der Waals surface area contributed by atoms with Gasteiger partial charge in [-0.05, 0) is 50.1 Å². The number of nitrogens with zero attached hydrogens (tertiary/aromatic N) is 5. The highest BCUT2D eigenvalue weighted by Gasteiger charge is 2.36. The fourth-order valence-electron chi connectivity index (χ4n) is 4.63. The molecule has 2 aromatic carbocycles. The number of hydrogen-bond donors (Lipinski definition) is 2. The summed E-state index contributed by atoms with van der Waals surface area (Å²) in [5.74, 6) is 0.545. The molecule has 1 aliphatic heterocycles. The summed E-state index contributed by atoms with van der Waals surface area (Å²) in [4.78, 5) is 18.0. The van der Waals surface area contributed by atoms with Crippen LogP contribution in [0.2, 0.25) is 5.02 Å². The SMILES string of the molecule is CC1(C)COc2nc3c(NCCc4ccc(O)c(-c5ccccc5Cl)c4)nc(-c4cncc(F)c4)nc3n21. The highest BCUT2D eigenvalue weighted by molar-refractivity contribution is 6.33. The van der Waals surface area contributed by atoms with E-state index >= 15 is 0 Å². The molecule has 0 saturated heterocycles. The van der Waals surface area contributed by atoms with Crippen LogP contribution < -0.4 is 10.1 Å². The fourth-order valence-corrected chi connectivity index (χ4v) is 4.87. The summed E-state index contributed by atoms with van der Waals surface area (Å²) in [6.45, 7) is 5.09. The lowest BCUT2D eigenvalue weighted by Crippen LogP contribution is -2.25. The smallest absolute Gasteiger partial charge is 0.299 e. The Morgan fingerprint density at radius 3 is 2.74 bits per heavy atom. The van der Waals surface area contributed by atoms with Gasteiger partial charge in [0.1, 0.15) is 18.2 Å². The first-order valence-corrected chi connectivity index (χ1v) is 12.5. The van der Waals surface area contributed by atoms with Crippen molar-refractivity contribution in [3.8, 4) is 34.3 Å². The number of ether oxygens (including phenoxy) is 1. The number of phenols is 1. The van der Waals surface area contributed by atoms with Crippen LogP contribution in [0.1, 0.15) is 19.4 Å². The van der Waals surface area contributed by atoms with Gasteiger partial charge in [-0.2, -0.15) is 4.98 Å². The standard InChI is InChI=1S/C28H24ClFN6O2/c1-28(2)15-38-27-33-23-25(34-24(35-26(23)36(27)28)17-12-18(30)14-31-13-17)32-10-9-16-7-8-22(37)20(11-16)19-5-3-4-6-21(19)29/h3-8,11-14,37H,9-10,15H2,1-2H3,(H,32,34,35). The van der Waals surface area contributed by atoms with Crippen LogP contribution in [0, 0.1) is 5.82 Å². The number of fused-ring (bicyclic) bond motifs is 3. The van der Waals surface area contributed by atoms with Crippen molar-refractivity contribution in [3.63, 3.8) is 0 Å². The Balaban J connectivity index is 1.33. The van der Waals surface area contributed by atoms with Crippen LogP contribution in [0.3, 0.4) is 0 Å². The average molecular weight is 531 g/mol. The van der Waals surface area contributed by atoms with Crippen molar-refractivity contribution in [1.82, 2.24) is 24.5 Å². The lowest BCUT2D eigenvalue weighted by atomic mass is 10.0. The largest absolute Gasteiger partial charge is 0.507 e. The van der Waals surface area contributed by atoms with Gasteiger partial charge >= 0.3 is 0 Å². The van der Waals surface area contributed by atoms with Crippen molar-refractivity contribution in [2.45, 2.75) is 25.8 Å². The maximum absolute atomic E-state index is 14.0. The number of halogens is 2. The molecule has 5 aromatic rings. The highest BCUT2D eigenvalue weighted by Crippen LogP contribution is 2.38. The second-order valence-corrected chi connectivity index (χ2v) is 10.2. The zero-order valence-electron chi connectivity index (χ0n) is 20.7. The lowest BCUT2D eigenvalue weighted by Gasteiger charge is -2.18. The van der Waals surface area contributed by atoms with E-state index in [1.165, 1.54) is 12.3 Å². The molecule has 6 rings (SSSR count). The second kappa shape index (κ2) is 9.25. The van der Waals surface area contributed by atoms with Crippen molar-refractivity contribution >= 4 is 28.6 Å². The van der Waals surface area contributed by atoms with Gasteiger partial charge in [-0.25, -0.2) is 14.4 Å². The molecular weight excluding hydrogens is 507 g/mol. The summed E-state index contributed by atoms with van der Waals surface area (Å²) in [6.07, 6.45) is 3.31. The molecule has 4 heterocycles. The number of anilines is 1. The zero-order chi connectivity index (χ0) is 26.4. The van der Waals surface area contributed by atoms with Crippen LogP contribution in [0.15, 0.2) is 60.9 Å². The van der Waals surface area contributed by atoms with Gasteiger partial charge in [-0.3, -0.25) is 9.55 Å². The van der Waals surface area contributed by atoms with Crippen LogP contribution in [0.5, 0.6) is 11.8 Å². The highest BCUT2D eigenvalue weighted by atomic mass is 35.5. The Bertz CT molecular complexity index is 1690. The van der Waals surface area contributed by atoms with Gasteiger partial charge in [0, 0.05) is 34.5 Å². The summed E-state index contributed by atoms with van der Waals surface area (Å²) in [5.41, 5.74) is 3.72. The maximum atomic E-state index is 14.0. The third-order valence-electron chi connectivity index (χ3n) is 6.53. The number of pyridine rings is 1. The maximum Gasteiger partial charge on any atom is 0.299 e. The molecule has 0 amide bonds. The van der Waals surface area contributed by atoms with Crippen LogP contribution in [0.4, 0.5) is 10.2 Å². The lowest BCUT2D eigenvalue weighted by molar-refractivity contribution is 0.268. The summed E-state index contributed by atoms with van der Waals surface area (Å²) >= 11 is 6.36. The molecular formula is C28H24ClFN6O2. The van der Waals surface area contributed by atoms with Crippen LogP contribution >= 0.6 is 11.6 Å². The molecule has 0 spiro atoms. The number of phenolic OH excluding ortho intramolecular Hbond substituents is 1. The molecule has 0 radical (unpaired) electrons. The van der Waals surface area contributed by atoms with E-state index in [0.717, 1.165) is 17.3 Å². The third kappa shape index (κ3) is 4.28. The van der Waals surface area contributed by atoms with Gasteiger partial charge in [0.15, 0.2) is 22.8 Å². The average Bonchev–Trinajstić information content (AvgIpc) is 3.42. The van der Waals surface area contributed by atoms with Crippen molar-refractivity contribution in [2.24, 2.45) is 0 Å². The van der Waals surface area contributed by atoms with E-state index in [-0.39, 0.29) is 11.3 Å². The molecule has 0 aliphatic carbocycles. The van der Waals surface area contributed by atoms with Crippen LogP contribution in [0.25, 0.3) is 33.7 Å². The molecule has 0 saturated carbocycles. The van der Waals surface area contributed by atoms with Gasteiger partial charge in [-0.15, -0.1) is 0 Å². The van der Waals surface area contributed by atoms with E-state index in [1.54, 1.807) is 12.1 Å². The molecule has 10 heteroatoms. The Hall–Kier alpha value is -4.24. The van der Waals surface area contributed by atoms with Gasteiger partial charge in [0.25, 0.3) is 6.01 Å². The number of benzene rings is 2. The number of rotatable bonds is 6. The van der Waals surface area contributed by atoms with Gasteiger partial charge in [0.05, 0.1) is 11.7 Å². The Kier molecular flexibility index (Phi) is 5.87. The molecule has 0 atom stereocenters. The Morgan fingerprint density at radius 2 is 1.92 bits per heavy atom. The first-order chi connectivity index (χ1) is 18.3. The molecule has 1 aliphatic rings. The van der Waals surface area contributed by atoms with Gasteiger partial charge in [0.2, 0.25) is 0 Å². The number of aromatic nitrogens is 5. The van der Waals surface area contributed by atoms with Crippen molar-refractivity contribution < 1.29 is 14.2 Å². The quantitative estimate of drug-likeness (QED) is 0.285. The minimum absolute atomic E-state index is 0.163. The molecule has 2 N–H and O–H groups in total. The molecule has 3 aromatic heterocycles. The van der Waals surface area contributed by atoms with E-state index in [4.69, 9.17) is 21.3 Å². The summed E-state index contributed by atoms with van der Waals surface area (Å²) in [5, 5.41) is 14.4. The first kappa shape index (κ1) is 24.1. The fraction of sp³-hybridized carbons (Fsp3) is 0.214. The van der Waals surface area contributed by atoms with Crippen molar-refractivity contribution in [3.05, 3.63) is 77.3 Å². The Morgan fingerprint density at radius 1 is 1.08 bits per heavy atom. The molecule has 0 bridgehead atoms. The first-order valence-electron chi connectivity index (χ1n) is 12.2. The van der Waals surface area contributed by atoms with E-state index in [0.29, 0.717) is 64.5 Å². The zero-order valence-corrected chi connectivity index (χ0v) is 21.5. The molecule has 192 valence electrons. The van der Waals surface area contributed by atoms with E-state index in [9.17, 15) is 9.50 Å². The van der Waals surface area contributed by atoms with Crippen molar-refractivity contribution in [1.29, 1.82) is 0 Å². The van der Waals surface area contributed by atoms with Gasteiger partial charge < -0.3 is 15.2 Å². The molecule has 8 nitrogen and oxygen atoms in total. The van der Waals surface area contributed by atoms with Gasteiger partial charge in [-0.1, -0.05) is 35.9 Å². The number of aromatic hydroxyl groups is 1. The predicted molar refractivity (Wildman–Crippen MR) is 144 cm³/mol. The summed E-state index contributed by atoms with van der Waals surface area (Å²) in [7, 11) is 0. The minimum Gasteiger partial charge on any atom is -0.507 e. The summed E-state index contributed by atoms with van der Waals surface area (Å²) < 4.78 is 21.7. The monoisotopic (exact) mass is 530 g/mol. The normalized spacial score (nSPS) is 13.9. The number of nitrogens with one attached hydrogen (secondary N) is 1. The van der Waals surface area contributed by atoms with E-state index < -0.39 is 5.82 Å². The third-order valence-corrected chi connectivity index (χ3v) is 6.86. The predicted octanol–water partition coefficient (Wildman–Crippen LogP) is 5.84. The number of hydrogen-bond acceptors (Lipinski definition) is 7. The molecule has 38 heavy (non-hydrogen) atoms. The molecule has 0 unspecified atom stereocenters. The Labute approximate surface area is 223 Å². The topological polar surface area (TPSA) is 98.0 Å². The minimum atomic E-state index is -0.468. The van der Waals surface area contributed by atoms with E-state index in [1.807, 2.05) is 48.7 Å². The second-order valence-electron chi connectivity index (χ2n) is 9.80. The van der Waals surface area contributed by atoms with E-state index in [2.05, 4.69) is 20.3 Å². The van der Waals surface area contributed by atoms with Crippen molar-refractivity contribution in [2.75, 3.05) is 18.5 Å². The van der Waals surface area contributed by atoms with Crippen LogP contribution in [-0.4, -0.2) is 42.8 Å². The molecule has 0 fully saturated rings. The van der Waals surface area contributed by atoms with Crippen LogP contribution in [-0.2, 0) is 12.0 Å². The summed E-state index contributed by atoms with van der Waals surface area (Å²) in [6, 6.07) is 14.7. The number of imidazole rings is 1.